The predicted octanol–water partition coefficient (Wildman–Crippen LogP) is 3.74. The van der Waals surface area contributed by atoms with Crippen molar-refractivity contribution >= 4 is 34.1 Å². The van der Waals surface area contributed by atoms with Crippen molar-refractivity contribution in [2.45, 2.75) is 44.2 Å². The van der Waals surface area contributed by atoms with Crippen LogP contribution in [0.1, 0.15) is 37.1 Å². The predicted molar refractivity (Wildman–Crippen MR) is 112 cm³/mol. The fourth-order valence-electron chi connectivity index (χ4n) is 3.76. The van der Waals surface area contributed by atoms with E-state index in [0.717, 1.165) is 48.6 Å². The van der Waals surface area contributed by atoms with Crippen molar-refractivity contribution in [1.82, 2.24) is 15.0 Å². The molecule has 0 atom stereocenters. The lowest BCUT2D eigenvalue weighted by Gasteiger charge is -2.31. The van der Waals surface area contributed by atoms with E-state index in [9.17, 15) is 5.11 Å². The van der Waals surface area contributed by atoms with Gasteiger partial charge in [0.2, 0.25) is 0 Å². The monoisotopic (exact) mass is 397 g/mol. The number of rotatable bonds is 5. The Bertz CT molecular complexity index is 974. The first-order valence-electron chi connectivity index (χ1n) is 9.98. The van der Waals surface area contributed by atoms with Crippen molar-refractivity contribution in [1.29, 1.82) is 0 Å². The summed E-state index contributed by atoms with van der Waals surface area (Å²) >= 11 is 6.32. The number of aromatic amines is 1. The second kappa shape index (κ2) is 7.26. The van der Waals surface area contributed by atoms with Gasteiger partial charge in [-0.1, -0.05) is 23.7 Å². The molecule has 1 aromatic carbocycles. The second-order valence-corrected chi connectivity index (χ2v) is 8.24. The summed E-state index contributed by atoms with van der Waals surface area (Å²) in [6, 6.07) is 9.09. The molecule has 3 aromatic rings. The highest BCUT2D eigenvalue weighted by Crippen LogP contribution is 2.31. The van der Waals surface area contributed by atoms with Gasteiger partial charge >= 0.3 is 0 Å². The van der Waals surface area contributed by atoms with Crippen LogP contribution in [-0.4, -0.2) is 45.3 Å². The van der Waals surface area contributed by atoms with E-state index in [1.54, 1.807) is 6.20 Å². The van der Waals surface area contributed by atoms with E-state index in [2.05, 4.69) is 44.5 Å². The maximum atomic E-state index is 9.68. The van der Waals surface area contributed by atoms with Crippen LogP contribution in [0.4, 0.5) is 11.5 Å². The second-order valence-electron chi connectivity index (χ2n) is 7.83. The fraction of sp³-hybridized carbons (Fsp3) is 0.429. The summed E-state index contributed by atoms with van der Waals surface area (Å²) in [6.45, 7) is 1.81. The number of hydrogen-bond donors (Lipinski definition) is 3. The summed E-state index contributed by atoms with van der Waals surface area (Å²) in [5.74, 6) is 1.61. The number of aliphatic hydroxyl groups is 1. The average Bonchev–Trinajstić information content (AvgIpc) is 3.44. The average molecular weight is 398 g/mol. The molecule has 3 heterocycles. The number of hydrogen-bond acceptors (Lipinski definition) is 5. The van der Waals surface area contributed by atoms with Gasteiger partial charge in [0, 0.05) is 37.4 Å². The molecule has 5 rings (SSSR count). The van der Waals surface area contributed by atoms with Crippen molar-refractivity contribution in [3.8, 4) is 0 Å². The number of H-pyrrole nitrogens is 1. The number of nitrogens with one attached hydrogen (secondary N) is 2. The van der Waals surface area contributed by atoms with E-state index >= 15 is 0 Å². The molecular formula is C21H24ClN5O. The molecule has 1 saturated carbocycles. The minimum absolute atomic E-state index is 0.152. The first kappa shape index (κ1) is 17.8. The summed E-state index contributed by atoms with van der Waals surface area (Å²) in [6.07, 6.45) is 6.33. The molecule has 0 bridgehead atoms. The largest absolute Gasteiger partial charge is 0.393 e. The van der Waals surface area contributed by atoms with Gasteiger partial charge in [0.05, 0.1) is 11.1 Å². The molecule has 1 aliphatic heterocycles. The maximum absolute atomic E-state index is 9.68. The Labute approximate surface area is 168 Å². The van der Waals surface area contributed by atoms with Crippen molar-refractivity contribution < 1.29 is 5.11 Å². The van der Waals surface area contributed by atoms with Crippen LogP contribution in [-0.2, 0) is 6.42 Å². The Morgan fingerprint density at radius 3 is 2.57 bits per heavy atom. The topological polar surface area (TPSA) is 77.1 Å². The van der Waals surface area contributed by atoms with Crippen LogP contribution in [0, 0.1) is 0 Å². The minimum atomic E-state index is -0.152. The van der Waals surface area contributed by atoms with E-state index in [1.165, 1.54) is 24.1 Å². The van der Waals surface area contributed by atoms with E-state index < -0.39 is 0 Å². The van der Waals surface area contributed by atoms with Gasteiger partial charge in [-0.2, -0.15) is 0 Å². The molecule has 1 aliphatic carbocycles. The zero-order valence-electron chi connectivity index (χ0n) is 15.7. The van der Waals surface area contributed by atoms with Gasteiger partial charge in [-0.15, -0.1) is 0 Å². The van der Waals surface area contributed by atoms with Crippen LogP contribution in [0.15, 0.2) is 30.5 Å². The molecule has 2 aliphatic rings. The molecule has 2 fully saturated rings. The standard InChI is InChI=1S/C21H24ClN5O/c22-17-12-23-20-19(17)25-18(26-21(20)24-14-3-4-14)11-13-1-5-15(6-2-13)27-9-7-16(28)8-10-27/h1-2,5-6,12,14,16,23,28H,3-4,7-11H2,(H,24,25,26). The number of fused-ring (bicyclic) bond motifs is 1. The van der Waals surface area contributed by atoms with Crippen molar-refractivity contribution in [3.63, 3.8) is 0 Å². The number of anilines is 2. The molecule has 0 radical (unpaired) electrons. The van der Waals surface area contributed by atoms with Crippen LogP contribution in [0.25, 0.3) is 11.0 Å². The van der Waals surface area contributed by atoms with Gasteiger partial charge in [-0.05, 0) is 43.4 Å². The van der Waals surface area contributed by atoms with Crippen LogP contribution in [0.5, 0.6) is 0 Å². The smallest absolute Gasteiger partial charge is 0.154 e. The lowest BCUT2D eigenvalue weighted by molar-refractivity contribution is 0.145. The third-order valence-corrected chi connectivity index (χ3v) is 5.86. The highest BCUT2D eigenvalue weighted by atomic mass is 35.5. The molecule has 7 heteroatoms. The molecule has 146 valence electrons. The minimum Gasteiger partial charge on any atom is -0.393 e. The van der Waals surface area contributed by atoms with Gasteiger partial charge in [0.1, 0.15) is 16.9 Å². The molecule has 6 nitrogen and oxygen atoms in total. The lowest BCUT2D eigenvalue weighted by atomic mass is 10.1. The molecular weight excluding hydrogens is 374 g/mol. The number of benzene rings is 1. The van der Waals surface area contributed by atoms with Crippen LogP contribution in [0.3, 0.4) is 0 Å². The zero-order valence-corrected chi connectivity index (χ0v) is 16.4. The molecule has 0 spiro atoms. The third kappa shape index (κ3) is 3.66. The van der Waals surface area contributed by atoms with Gasteiger partial charge in [0.25, 0.3) is 0 Å². The summed E-state index contributed by atoms with van der Waals surface area (Å²) in [5, 5.41) is 13.8. The van der Waals surface area contributed by atoms with Crippen LogP contribution < -0.4 is 10.2 Å². The molecule has 0 amide bonds. The highest BCUT2D eigenvalue weighted by molar-refractivity contribution is 6.35. The molecule has 3 N–H and O–H groups in total. The number of aromatic nitrogens is 3. The maximum Gasteiger partial charge on any atom is 0.154 e. The number of nitrogens with zero attached hydrogens (tertiary/aromatic N) is 3. The van der Waals surface area contributed by atoms with E-state index in [1.807, 2.05) is 0 Å². The Balaban J connectivity index is 1.36. The Morgan fingerprint density at radius 2 is 1.86 bits per heavy atom. The quantitative estimate of drug-likeness (QED) is 0.611. The van der Waals surface area contributed by atoms with Gasteiger partial charge in [-0.25, -0.2) is 9.97 Å². The fourth-order valence-corrected chi connectivity index (χ4v) is 3.95. The van der Waals surface area contributed by atoms with Crippen LogP contribution in [0.2, 0.25) is 5.02 Å². The molecule has 0 unspecified atom stereocenters. The van der Waals surface area contributed by atoms with Crippen molar-refractivity contribution in [2.24, 2.45) is 0 Å². The van der Waals surface area contributed by atoms with E-state index in [4.69, 9.17) is 16.6 Å². The summed E-state index contributed by atoms with van der Waals surface area (Å²) in [5.41, 5.74) is 4.03. The van der Waals surface area contributed by atoms with Gasteiger partial charge < -0.3 is 20.3 Å². The molecule has 2 aromatic heterocycles. The zero-order chi connectivity index (χ0) is 19.1. The summed E-state index contributed by atoms with van der Waals surface area (Å²) in [4.78, 5) is 15.0. The first-order chi connectivity index (χ1) is 13.7. The van der Waals surface area contributed by atoms with Crippen molar-refractivity contribution in [2.75, 3.05) is 23.3 Å². The van der Waals surface area contributed by atoms with Gasteiger partial charge in [-0.3, -0.25) is 0 Å². The molecule has 28 heavy (non-hydrogen) atoms. The van der Waals surface area contributed by atoms with E-state index in [-0.39, 0.29) is 6.10 Å². The third-order valence-electron chi connectivity index (χ3n) is 5.57. The Kier molecular flexibility index (Phi) is 4.61. The number of piperidine rings is 1. The number of aliphatic hydroxyl groups excluding tert-OH is 1. The van der Waals surface area contributed by atoms with Crippen molar-refractivity contribution in [3.05, 3.63) is 46.9 Å². The normalized spacial score (nSPS) is 18.0. The Hall–Kier alpha value is -2.31. The first-order valence-corrected chi connectivity index (χ1v) is 10.4. The van der Waals surface area contributed by atoms with E-state index in [0.29, 0.717) is 17.5 Å². The highest BCUT2D eigenvalue weighted by Gasteiger charge is 2.24. The Morgan fingerprint density at radius 1 is 1.11 bits per heavy atom. The van der Waals surface area contributed by atoms with Gasteiger partial charge in [0.15, 0.2) is 5.82 Å². The number of halogens is 1. The SMILES string of the molecule is OC1CCN(c2ccc(Cc3nc(NC4CC4)c4[nH]cc(Cl)c4n3)cc2)CC1. The summed E-state index contributed by atoms with van der Waals surface area (Å²) < 4.78 is 0. The molecule has 1 saturated heterocycles. The lowest BCUT2D eigenvalue weighted by Crippen LogP contribution is -2.35. The summed E-state index contributed by atoms with van der Waals surface area (Å²) in [7, 11) is 0. The van der Waals surface area contributed by atoms with Crippen LogP contribution >= 0.6 is 11.6 Å².